The molecule has 0 aliphatic heterocycles. The number of hydrogen-bond donors (Lipinski definition) is 0. The van der Waals surface area contributed by atoms with Crippen LogP contribution in [-0.4, -0.2) is 19.1 Å². The first-order chi connectivity index (χ1) is 9.70. The Bertz CT molecular complexity index is 572. The largest absolute Gasteiger partial charge is 0.484 e. The number of likely N-dealkylation sites (N-methyl/N-ethyl adjacent to an activating group) is 1. The van der Waals surface area contributed by atoms with Gasteiger partial charge >= 0.3 is 0 Å². The van der Waals surface area contributed by atoms with Gasteiger partial charge in [0.25, 0.3) is 5.91 Å². The zero-order chi connectivity index (χ0) is 14.4. The van der Waals surface area contributed by atoms with E-state index >= 15 is 0 Å². The van der Waals surface area contributed by atoms with Crippen molar-refractivity contribution in [3.05, 3.63) is 60.4 Å². The van der Waals surface area contributed by atoms with Crippen LogP contribution >= 0.6 is 0 Å². The van der Waals surface area contributed by atoms with Gasteiger partial charge in [0, 0.05) is 18.3 Å². The fraction of sp³-hybridized carbons (Fsp3) is 0.188. The maximum absolute atomic E-state index is 13.0. The molecule has 2 aromatic carbocycles. The maximum atomic E-state index is 13.0. The lowest BCUT2D eigenvalue weighted by Crippen LogP contribution is -2.34. The highest BCUT2D eigenvalue weighted by Gasteiger charge is 2.14. The Labute approximate surface area is 117 Å². The standard InChI is InChI=1S/C16H16FNO2/c1-2-18(14-8-4-3-5-9-14)16(19)12-20-15-10-6-7-13(17)11-15/h3-11H,2,12H2,1H3. The van der Waals surface area contributed by atoms with Crippen molar-refractivity contribution in [3.63, 3.8) is 0 Å². The summed E-state index contributed by atoms with van der Waals surface area (Å²) in [5.41, 5.74) is 0.822. The molecule has 2 rings (SSSR count). The molecule has 0 saturated carbocycles. The van der Waals surface area contributed by atoms with Crippen LogP contribution in [0.1, 0.15) is 6.92 Å². The van der Waals surface area contributed by atoms with Crippen LogP contribution in [0.2, 0.25) is 0 Å². The second kappa shape index (κ2) is 6.70. The minimum Gasteiger partial charge on any atom is -0.484 e. The number of halogens is 1. The molecule has 0 aliphatic carbocycles. The summed E-state index contributed by atoms with van der Waals surface area (Å²) in [5, 5.41) is 0. The van der Waals surface area contributed by atoms with Crippen molar-refractivity contribution < 1.29 is 13.9 Å². The fourth-order valence-corrected chi connectivity index (χ4v) is 1.89. The monoisotopic (exact) mass is 273 g/mol. The van der Waals surface area contributed by atoms with E-state index in [1.807, 2.05) is 37.3 Å². The Morgan fingerprint density at radius 3 is 2.55 bits per heavy atom. The Kier molecular flexibility index (Phi) is 4.71. The third-order valence-electron chi connectivity index (χ3n) is 2.84. The van der Waals surface area contributed by atoms with Crippen LogP contribution in [0.15, 0.2) is 54.6 Å². The van der Waals surface area contributed by atoms with Crippen LogP contribution in [0.25, 0.3) is 0 Å². The number of nitrogens with zero attached hydrogens (tertiary/aromatic N) is 1. The van der Waals surface area contributed by atoms with Crippen LogP contribution < -0.4 is 9.64 Å². The predicted molar refractivity (Wildman–Crippen MR) is 76.4 cm³/mol. The third kappa shape index (κ3) is 3.57. The zero-order valence-corrected chi connectivity index (χ0v) is 11.3. The average molecular weight is 273 g/mol. The Balaban J connectivity index is 2.00. The normalized spacial score (nSPS) is 10.1. The van der Waals surface area contributed by atoms with Gasteiger partial charge < -0.3 is 9.64 Å². The number of benzene rings is 2. The van der Waals surface area contributed by atoms with Crippen molar-refractivity contribution in [2.75, 3.05) is 18.1 Å². The second-order valence-corrected chi connectivity index (χ2v) is 4.22. The molecular formula is C16H16FNO2. The third-order valence-corrected chi connectivity index (χ3v) is 2.84. The van der Waals surface area contributed by atoms with Crippen molar-refractivity contribution in [3.8, 4) is 5.75 Å². The molecule has 0 unspecified atom stereocenters. The summed E-state index contributed by atoms with van der Waals surface area (Å²) in [5.74, 6) is -0.198. The molecule has 0 saturated heterocycles. The van der Waals surface area contributed by atoms with Crippen molar-refractivity contribution in [2.45, 2.75) is 6.92 Å². The van der Waals surface area contributed by atoms with E-state index in [0.29, 0.717) is 12.3 Å². The Morgan fingerprint density at radius 2 is 1.90 bits per heavy atom. The number of carbonyl (C=O) groups excluding carboxylic acids is 1. The first-order valence-electron chi connectivity index (χ1n) is 6.44. The van der Waals surface area contributed by atoms with Crippen LogP contribution in [0.4, 0.5) is 10.1 Å². The lowest BCUT2D eigenvalue weighted by atomic mass is 10.3. The molecule has 0 aliphatic rings. The van der Waals surface area contributed by atoms with E-state index in [-0.39, 0.29) is 18.3 Å². The Morgan fingerprint density at radius 1 is 1.15 bits per heavy atom. The molecule has 0 N–H and O–H groups in total. The molecule has 0 heterocycles. The van der Waals surface area contributed by atoms with Gasteiger partial charge in [0.05, 0.1) is 0 Å². The van der Waals surface area contributed by atoms with E-state index in [2.05, 4.69) is 0 Å². The van der Waals surface area contributed by atoms with Crippen molar-refractivity contribution in [1.29, 1.82) is 0 Å². The van der Waals surface area contributed by atoms with Crippen LogP contribution in [0.3, 0.4) is 0 Å². The van der Waals surface area contributed by atoms with Crippen molar-refractivity contribution >= 4 is 11.6 Å². The minimum atomic E-state index is -0.384. The van der Waals surface area contributed by atoms with E-state index in [1.54, 1.807) is 17.0 Å². The van der Waals surface area contributed by atoms with Gasteiger partial charge in [0.15, 0.2) is 6.61 Å². The van der Waals surface area contributed by atoms with E-state index in [1.165, 1.54) is 12.1 Å². The molecule has 20 heavy (non-hydrogen) atoms. The first kappa shape index (κ1) is 14.1. The summed E-state index contributed by atoms with van der Waals surface area (Å²) >= 11 is 0. The molecule has 0 atom stereocenters. The topological polar surface area (TPSA) is 29.5 Å². The van der Waals surface area contributed by atoms with Gasteiger partial charge in [-0.15, -0.1) is 0 Å². The summed E-state index contributed by atoms with van der Waals surface area (Å²) in [6.45, 7) is 2.33. The molecule has 1 amide bonds. The van der Waals surface area contributed by atoms with Crippen molar-refractivity contribution in [1.82, 2.24) is 0 Å². The van der Waals surface area contributed by atoms with Gasteiger partial charge in [-0.1, -0.05) is 24.3 Å². The molecule has 0 fully saturated rings. The van der Waals surface area contributed by atoms with Crippen molar-refractivity contribution in [2.24, 2.45) is 0 Å². The highest BCUT2D eigenvalue weighted by molar-refractivity contribution is 5.94. The lowest BCUT2D eigenvalue weighted by molar-refractivity contribution is -0.120. The highest BCUT2D eigenvalue weighted by Crippen LogP contribution is 2.15. The smallest absolute Gasteiger partial charge is 0.264 e. The molecule has 0 bridgehead atoms. The van der Waals surface area contributed by atoms with Crippen LogP contribution in [0.5, 0.6) is 5.75 Å². The summed E-state index contributed by atoms with van der Waals surface area (Å²) in [6.07, 6.45) is 0. The summed E-state index contributed by atoms with van der Waals surface area (Å²) in [7, 11) is 0. The number of carbonyl (C=O) groups is 1. The minimum absolute atomic E-state index is 0.119. The fourth-order valence-electron chi connectivity index (χ4n) is 1.89. The molecule has 0 aromatic heterocycles. The second-order valence-electron chi connectivity index (χ2n) is 4.22. The van der Waals surface area contributed by atoms with E-state index < -0.39 is 0 Å². The molecular weight excluding hydrogens is 257 g/mol. The molecule has 2 aromatic rings. The summed E-state index contributed by atoms with van der Waals surface area (Å²) < 4.78 is 18.3. The number of amides is 1. The number of hydrogen-bond acceptors (Lipinski definition) is 2. The molecule has 3 nitrogen and oxygen atoms in total. The number of ether oxygens (including phenoxy) is 1. The van der Waals surface area contributed by atoms with E-state index in [9.17, 15) is 9.18 Å². The summed E-state index contributed by atoms with van der Waals surface area (Å²) in [4.78, 5) is 13.8. The van der Waals surface area contributed by atoms with E-state index in [4.69, 9.17) is 4.74 Å². The molecule has 104 valence electrons. The summed E-state index contributed by atoms with van der Waals surface area (Å²) in [6, 6.07) is 15.1. The first-order valence-corrected chi connectivity index (χ1v) is 6.44. The molecule has 4 heteroatoms. The van der Waals surface area contributed by atoms with Gasteiger partial charge in [-0.3, -0.25) is 4.79 Å². The number of rotatable bonds is 5. The van der Waals surface area contributed by atoms with Crippen LogP contribution in [-0.2, 0) is 4.79 Å². The molecule has 0 spiro atoms. The SMILES string of the molecule is CCN(C(=O)COc1cccc(F)c1)c1ccccc1. The quantitative estimate of drug-likeness (QED) is 0.837. The van der Waals surface area contributed by atoms with Crippen LogP contribution in [0, 0.1) is 5.82 Å². The zero-order valence-electron chi connectivity index (χ0n) is 11.3. The average Bonchev–Trinajstić information content (AvgIpc) is 2.47. The van der Waals surface area contributed by atoms with Gasteiger partial charge in [0.2, 0.25) is 0 Å². The Hall–Kier alpha value is -2.36. The number of anilines is 1. The van der Waals surface area contributed by atoms with Gasteiger partial charge in [-0.25, -0.2) is 4.39 Å². The highest BCUT2D eigenvalue weighted by atomic mass is 19.1. The lowest BCUT2D eigenvalue weighted by Gasteiger charge is -2.21. The van der Waals surface area contributed by atoms with E-state index in [0.717, 1.165) is 5.69 Å². The van der Waals surface area contributed by atoms with Gasteiger partial charge in [0.1, 0.15) is 11.6 Å². The van der Waals surface area contributed by atoms with Gasteiger partial charge in [-0.05, 0) is 31.2 Å². The number of para-hydroxylation sites is 1. The van der Waals surface area contributed by atoms with Gasteiger partial charge in [-0.2, -0.15) is 0 Å². The predicted octanol–water partition coefficient (Wildman–Crippen LogP) is 3.26. The molecule has 0 radical (unpaired) electrons. The maximum Gasteiger partial charge on any atom is 0.264 e.